The molecular weight excluding hydrogens is 288 g/mol. The Balaban J connectivity index is 2.60. The fourth-order valence-electron chi connectivity index (χ4n) is 1.99. The van der Waals surface area contributed by atoms with Crippen LogP contribution in [0.4, 0.5) is 0 Å². The number of carbonyl (C=O) groups excluding carboxylic acids is 1. The van der Waals surface area contributed by atoms with Crippen molar-refractivity contribution in [2.24, 2.45) is 11.5 Å². The molecule has 0 spiro atoms. The predicted octanol–water partition coefficient (Wildman–Crippen LogP) is 0.852. The van der Waals surface area contributed by atoms with Crippen molar-refractivity contribution in [2.45, 2.75) is 0 Å². The summed E-state index contributed by atoms with van der Waals surface area (Å²) in [6, 6.07) is 14.2. The molecule has 0 atom stereocenters. The van der Waals surface area contributed by atoms with E-state index in [0.717, 1.165) is 10.8 Å². The Hall–Kier alpha value is -2.46. The largest absolute Gasteiger partial charge is 0.465 e. The highest BCUT2D eigenvalue weighted by molar-refractivity contribution is 6.44. The zero-order valence-corrected chi connectivity index (χ0v) is 12.2. The monoisotopic (exact) mass is 302 g/mol. The van der Waals surface area contributed by atoms with E-state index in [1.165, 1.54) is 7.11 Å². The van der Waals surface area contributed by atoms with Crippen LogP contribution in [0.3, 0.4) is 0 Å². The van der Waals surface area contributed by atoms with Crippen LogP contribution in [0.25, 0.3) is 10.9 Å². The summed E-state index contributed by atoms with van der Waals surface area (Å²) >= 11 is 5.89. The molecule has 0 aromatic heterocycles. The number of carbonyl (C=O) groups is 1. The fourth-order valence-corrected chi connectivity index (χ4v) is 2.15. The van der Waals surface area contributed by atoms with Gasteiger partial charge in [-0.05, 0) is 17.7 Å². The molecule has 4 nitrogen and oxygen atoms in total. The summed E-state index contributed by atoms with van der Waals surface area (Å²) in [4.78, 5) is 11.4. The molecule has 0 amide bonds. The minimum Gasteiger partial charge on any atom is -0.465 e. The first-order valence-electron chi connectivity index (χ1n) is 6.23. The Morgan fingerprint density at radius 2 is 1.48 bits per heavy atom. The second-order valence-corrected chi connectivity index (χ2v) is 4.78. The van der Waals surface area contributed by atoms with Gasteiger partial charge in [0.15, 0.2) is 0 Å². The lowest BCUT2D eigenvalue weighted by molar-refractivity contribution is 0.0600. The average Bonchev–Trinajstić information content (AvgIpc) is 2.53. The van der Waals surface area contributed by atoms with Gasteiger partial charge in [-0.25, -0.2) is 4.79 Å². The molecule has 2 aromatic carbocycles. The van der Waals surface area contributed by atoms with Crippen molar-refractivity contribution in [2.75, 3.05) is 7.11 Å². The summed E-state index contributed by atoms with van der Waals surface area (Å²) in [7, 11) is 1.34. The molecule has 0 fully saturated rings. The molecule has 4 N–H and O–H groups in total. The maximum absolute atomic E-state index is 11.4. The van der Waals surface area contributed by atoms with E-state index in [2.05, 4.69) is 4.74 Å². The Morgan fingerprint density at radius 3 is 2.00 bits per heavy atom. The predicted molar refractivity (Wildman–Crippen MR) is 83.6 cm³/mol. The third-order valence-corrected chi connectivity index (χ3v) is 3.30. The number of ether oxygens (including phenoxy) is 1. The summed E-state index contributed by atoms with van der Waals surface area (Å²) in [5.41, 5.74) is 13.6. The highest BCUT2D eigenvalue weighted by atomic mass is 35.5. The number of rotatable bonds is 2. The van der Waals surface area contributed by atoms with E-state index >= 15 is 0 Å². The van der Waals surface area contributed by atoms with Gasteiger partial charge in [0.05, 0.1) is 12.7 Å². The van der Waals surface area contributed by atoms with Crippen molar-refractivity contribution >= 4 is 28.4 Å². The van der Waals surface area contributed by atoms with Gasteiger partial charge in [-0.3, -0.25) is 0 Å². The molecule has 0 aliphatic carbocycles. The minimum atomic E-state index is -0.390. The average molecular weight is 303 g/mol. The van der Waals surface area contributed by atoms with Crippen LogP contribution < -0.4 is 21.9 Å². The molecule has 0 heterocycles. The van der Waals surface area contributed by atoms with Crippen molar-refractivity contribution < 1.29 is 9.53 Å². The van der Waals surface area contributed by atoms with Crippen molar-refractivity contribution in [1.29, 1.82) is 0 Å². The smallest absolute Gasteiger partial charge is 0.337 e. The lowest BCUT2D eigenvalue weighted by Crippen LogP contribution is -2.32. The van der Waals surface area contributed by atoms with Crippen molar-refractivity contribution in [3.05, 3.63) is 70.1 Å². The van der Waals surface area contributed by atoms with E-state index in [0.29, 0.717) is 16.5 Å². The molecule has 0 saturated carbocycles. The molecule has 0 unspecified atom stereocenters. The van der Waals surface area contributed by atoms with Gasteiger partial charge < -0.3 is 16.2 Å². The Kier molecular flexibility index (Phi) is 4.50. The molecule has 0 radical (unpaired) electrons. The minimum absolute atomic E-state index is 0.180. The Labute approximate surface area is 127 Å². The van der Waals surface area contributed by atoms with Crippen LogP contribution in [0.2, 0.25) is 0 Å². The van der Waals surface area contributed by atoms with Crippen LogP contribution in [0.15, 0.2) is 48.5 Å². The quantitative estimate of drug-likeness (QED) is 0.637. The van der Waals surface area contributed by atoms with Crippen LogP contribution >= 0.6 is 11.6 Å². The Bertz CT molecular complexity index is 779. The van der Waals surface area contributed by atoms with E-state index in [1.54, 1.807) is 30.3 Å². The van der Waals surface area contributed by atoms with E-state index in [1.807, 2.05) is 18.2 Å². The van der Waals surface area contributed by atoms with Gasteiger partial charge in [-0.1, -0.05) is 48.0 Å². The van der Waals surface area contributed by atoms with E-state index in [4.69, 9.17) is 23.1 Å². The molecule has 0 aliphatic rings. The van der Waals surface area contributed by atoms with Gasteiger partial charge in [0.25, 0.3) is 0 Å². The zero-order valence-electron chi connectivity index (χ0n) is 11.5. The lowest BCUT2D eigenvalue weighted by atomic mass is 10.1. The van der Waals surface area contributed by atoms with Crippen LogP contribution in [0, 0.1) is 0 Å². The number of methoxy groups -OCH3 is 1. The number of hydrogen-bond donors (Lipinski definition) is 2. The van der Waals surface area contributed by atoms with Crippen LogP contribution in [-0.2, 0) is 4.74 Å². The highest BCUT2D eigenvalue weighted by Gasteiger charge is 2.06. The Morgan fingerprint density at radius 1 is 0.952 bits per heavy atom. The molecule has 0 saturated heterocycles. The van der Waals surface area contributed by atoms with E-state index < -0.39 is 0 Å². The normalized spacial score (nSPS) is 13.4. The topological polar surface area (TPSA) is 78.3 Å². The van der Waals surface area contributed by atoms with Crippen LogP contribution in [0.1, 0.15) is 15.9 Å². The summed E-state index contributed by atoms with van der Waals surface area (Å²) in [5, 5.41) is 1.60. The van der Waals surface area contributed by atoms with Gasteiger partial charge >= 0.3 is 5.97 Å². The number of benzene rings is 2. The molecule has 2 rings (SSSR count). The summed E-state index contributed by atoms with van der Waals surface area (Å²) in [5.74, 6) is -0.390. The lowest BCUT2D eigenvalue weighted by Gasteiger charge is -2.05. The molecule has 0 bridgehead atoms. The maximum Gasteiger partial charge on any atom is 0.337 e. The summed E-state index contributed by atoms with van der Waals surface area (Å²) in [6.07, 6.45) is 0. The third kappa shape index (κ3) is 3.17. The van der Waals surface area contributed by atoms with Gasteiger partial charge in [-0.15, -0.1) is 0 Å². The summed E-state index contributed by atoms with van der Waals surface area (Å²) in [6.45, 7) is 0. The van der Waals surface area contributed by atoms with Crippen molar-refractivity contribution in [3.63, 3.8) is 0 Å². The molecule has 21 heavy (non-hydrogen) atoms. The van der Waals surface area contributed by atoms with E-state index in [9.17, 15) is 4.79 Å². The molecular formula is C16H15ClN2O2. The molecule has 108 valence electrons. The van der Waals surface area contributed by atoms with Crippen LogP contribution in [-0.4, -0.2) is 13.1 Å². The second kappa shape index (κ2) is 6.33. The molecule has 2 aromatic rings. The first kappa shape index (κ1) is 14.9. The second-order valence-electron chi connectivity index (χ2n) is 4.38. The number of halogens is 1. The first-order chi connectivity index (χ1) is 10.0. The third-order valence-electron chi connectivity index (χ3n) is 3.09. The van der Waals surface area contributed by atoms with Crippen LogP contribution in [0.5, 0.6) is 0 Å². The molecule has 5 heteroatoms. The first-order valence-corrected chi connectivity index (χ1v) is 6.61. The van der Waals surface area contributed by atoms with Gasteiger partial charge in [0, 0.05) is 16.1 Å². The van der Waals surface area contributed by atoms with Gasteiger partial charge in [0.2, 0.25) is 0 Å². The summed E-state index contributed by atoms with van der Waals surface area (Å²) < 4.78 is 4.66. The van der Waals surface area contributed by atoms with E-state index in [-0.39, 0.29) is 11.1 Å². The maximum atomic E-state index is 11.4. The highest BCUT2D eigenvalue weighted by Crippen LogP contribution is 2.09. The zero-order chi connectivity index (χ0) is 15.4. The fraction of sp³-hybridized carbons (Fsp3) is 0.0625. The number of nitrogens with two attached hydrogens (primary N) is 2. The van der Waals surface area contributed by atoms with Crippen molar-refractivity contribution in [3.8, 4) is 0 Å². The SMILES string of the molecule is COC(=O)c1ccc(/C(N)=c2\cccc\c2=C(\N)Cl)cc1. The number of hydrogen-bond acceptors (Lipinski definition) is 4. The standard InChI is InChI=1S/C16H15ClN2O2/c1-21-16(20)11-8-6-10(7-9-11)14(18)12-4-2-3-5-13(12)15(17)19/h2-9H,18-19H2,1H3/b14-12-,15-13-. The molecule has 0 aliphatic heterocycles. The van der Waals surface area contributed by atoms with Gasteiger partial charge in [-0.2, -0.15) is 0 Å². The van der Waals surface area contributed by atoms with Gasteiger partial charge in [0.1, 0.15) is 5.16 Å². The number of esters is 1. The van der Waals surface area contributed by atoms with Crippen molar-refractivity contribution in [1.82, 2.24) is 0 Å².